The molecule has 0 radical (unpaired) electrons. The highest BCUT2D eigenvalue weighted by Crippen LogP contribution is 2.41. The highest BCUT2D eigenvalue weighted by molar-refractivity contribution is 6.02. The number of halogens is 3. The molecule has 0 atom stereocenters. The van der Waals surface area contributed by atoms with Gasteiger partial charge in [0.25, 0.3) is 11.4 Å². The number of hydrogen-bond acceptors (Lipinski definition) is 8. The van der Waals surface area contributed by atoms with Crippen LogP contribution in [0, 0.1) is 20.2 Å². The van der Waals surface area contributed by atoms with Gasteiger partial charge in [0.1, 0.15) is 5.56 Å². The van der Waals surface area contributed by atoms with Crippen molar-refractivity contribution in [1.82, 2.24) is 0 Å². The van der Waals surface area contributed by atoms with Crippen molar-refractivity contribution in [2.75, 3.05) is 14.2 Å². The van der Waals surface area contributed by atoms with Gasteiger partial charge >= 0.3 is 18.1 Å². The van der Waals surface area contributed by atoms with E-state index in [2.05, 4.69) is 9.47 Å². The molecule has 0 aliphatic heterocycles. The van der Waals surface area contributed by atoms with Crippen LogP contribution in [-0.4, -0.2) is 36.0 Å². The van der Waals surface area contributed by atoms with Crippen LogP contribution < -0.4 is 0 Å². The van der Waals surface area contributed by atoms with Crippen molar-refractivity contribution in [3.05, 3.63) is 43.5 Å². The third-order valence-electron chi connectivity index (χ3n) is 3.02. The molecule has 136 valence electrons. The van der Waals surface area contributed by atoms with E-state index in [1.807, 2.05) is 0 Å². The van der Waals surface area contributed by atoms with Crippen molar-refractivity contribution in [3.8, 4) is 0 Å². The van der Waals surface area contributed by atoms with Crippen molar-refractivity contribution in [3.63, 3.8) is 0 Å². The summed E-state index contributed by atoms with van der Waals surface area (Å²) in [7, 11) is 1.56. The molecule has 0 N–H and O–H groups in total. The number of carbonyl (C=O) groups excluding carboxylic acids is 2. The zero-order chi connectivity index (χ0) is 19.5. The molecule has 0 saturated heterocycles. The maximum Gasteiger partial charge on any atom is 0.416 e. The molecular formula is C12H9F3N2O8. The lowest BCUT2D eigenvalue weighted by molar-refractivity contribution is -0.396. The quantitative estimate of drug-likeness (QED) is 0.333. The second-order valence-electron chi connectivity index (χ2n) is 4.42. The lowest BCUT2D eigenvalue weighted by atomic mass is 9.93. The number of nitro groups is 2. The van der Waals surface area contributed by atoms with E-state index in [1.165, 1.54) is 0 Å². The van der Waals surface area contributed by atoms with Crippen LogP contribution in [0.1, 0.15) is 17.0 Å². The number of rotatable bonds is 5. The van der Waals surface area contributed by atoms with Crippen molar-refractivity contribution >= 4 is 23.3 Å². The van der Waals surface area contributed by atoms with Crippen LogP contribution in [0.3, 0.4) is 0 Å². The first-order valence-corrected chi connectivity index (χ1v) is 6.15. The van der Waals surface area contributed by atoms with Crippen LogP contribution in [0.15, 0.2) is 12.1 Å². The Morgan fingerprint density at radius 2 is 1.36 bits per heavy atom. The minimum Gasteiger partial charge on any atom is -0.468 e. The maximum atomic E-state index is 12.8. The summed E-state index contributed by atoms with van der Waals surface area (Å²) < 4.78 is 47.0. The molecule has 0 heterocycles. The van der Waals surface area contributed by atoms with Crippen molar-refractivity contribution in [2.45, 2.75) is 12.1 Å². The minimum absolute atomic E-state index is 0.0127. The van der Waals surface area contributed by atoms with Crippen LogP contribution in [0.25, 0.3) is 0 Å². The topological polar surface area (TPSA) is 139 Å². The Labute approximate surface area is 136 Å². The molecule has 0 amide bonds. The van der Waals surface area contributed by atoms with Gasteiger partial charge in [0.15, 0.2) is 5.92 Å². The Morgan fingerprint density at radius 3 is 1.60 bits per heavy atom. The molecule has 25 heavy (non-hydrogen) atoms. The van der Waals surface area contributed by atoms with Gasteiger partial charge in [0.2, 0.25) is 0 Å². The predicted molar refractivity (Wildman–Crippen MR) is 71.5 cm³/mol. The van der Waals surface area contributed by atoms with Crippen molar-refractivity contribution in [2.24, 2.45) is 0 Å². The van der Waals surface area contributed by atoms with Crippen LogP contribution in [0.2, 0.25) is 0 Å². The molecular weight excluding hydrogens is 357 g/mol. The highest BCUT2D eigenvalue weighted by atomic mass is 19.4. The molecule has 0 fully saturated rings. The number of nitrogens with zero attached hydrogens (tertiary/aromatic N) is 2. The van der Waals surface area contributed by atoms with E-state index in [9.17, 15) is 43.0 Å². The summed E-state index contributed by atoms with van der Waals surface area (Å²) in [6.45, 7) is 0. The zero-order valence-electron chi connectivity index (χ0n) is 12.5. The van der Waals surface area contributed by atoms with Crippen LogP contribution in [0.5, 0.6) is 0 Å². The third-order valence-corrected chi connectivity index (χ3v) is 3.02. The van der Waals surface area contributed by atoms with Gasteiger partial charge in [-0.15, -0.1) is 0 Å². The Morgan fingerprint density at radius 1 is 1.00 bits per heavy atom. The number of carbonyl (C=O) groups is 2. The Bertz CT molecular complexity index is 695. The van der Waals surface area contributed by atoms with Crippen molar-refractivity contribution in [1.29, 1.82) is 0 Å². The summed E-state index contributed by atoms with van der Waals surface area (Å²) >= 11 is 0. The van der Waals surface area contributed by atoms with Gasteiger partial charge < -0.3 is 9.47 Å². The Kier molecular flexibility index (Phi) is 5.63. The normalized spacial score (nSPS) is 11.1. The monoisotopic (exact) mass is 366 g/mol. The smallest absolute Gasteiger partial charge is 0.416 e. The summed E-state index contributed by atoms with van der Waals surface area (Å²) in [6, 6.07) is -0.0254. The van der Waals surface area contributed by atoms with E-state index in [0.29, 0.717) is 0 Å². The van der Waals surface area contributed by atoms with E-state index in [0.717, 1.165) is 14.2 Å². The molecule has 1 aromatic carbocycles. The molecule has 0 unspecified atom stereocenters. The largest absolute Gasteiger partial charge is 0.468 e. The molecule has 0 aromatic heterocycles. The molecule has 0 spiro atoms. The number of nitro benzene ring substituents is 2. The minimum atomic E-state index is -5.14. The molecule has 0 aliphatic carbocycles. The van der Waals surface area contributed by atoms with Gasteiger partial charge in [-0.05, 0) is 0 Å². The summed E-state index contributed by atoms with van der Waals surface area (Å²) in [5, 5.41) is 22.2. The maximum absolute atomic E-state index is 12.8. The lowest BCUT2D eigenvalue weighted by Crippen LogP contribution is -2.26. The van der Waals surface area contributed by atoms with Crippen LogP contribution in [-0.2, 0) is 25.2 Å². The first kappa shape index (κ1) is 19.8. The summed E-state index contributed by atoms with van der Waals surface area (Å²) in [4.78, 5) is 43.0. The fourth-order valence-electron chi connectivity index (χ4n) is 1.95. The van der Waals surface area contributed by atoms with E-state index in [1.54, 1.807) is 0 Å². The highest BCUT2D eigenvalue weighted by Gasteiger charge is 2.45. The van der Waals surface area contributed by atoms with Gasteiger partial charge in [0, 0.05) is 12.1 Å². The average Bonchev–Trinajstić information content (AvgIpc) is 2.52. The predicted octanol–water partition coefficient (Wildman–Crippen LogP) is 1.95. The number of hydrogen-bond donors (Lipinski definition) is 0. The third kappa shape index (κ3) is 3.99. The second-order valence-corrected chi connectivity index (χ2v) is 4.42. The van der Waals surface area contributed by atoms with E-state index < -0.39 is 56.4 Å². The van der Waals surface area contributed by atoms with E-state index in [4.69, 9.17) is 0 Å². The average molecular weight is 366 g/mol. The van der Waals surface area contributed by atoms with Crippen LogP contribution >= 0.6 is 0 Å². The zero-order valence-corrected chi connectivity index (χ0v) is 12.5. The number of methoxy groups -OCH3 is 2. The van der Waals surface area contributed by atoms with Gasteiger partial charge in [-0.1, -0.05) is 0 Å². The number of ether oxygens (including phenoxy) is 2. The van der Waals surface area contributed by atoms with Gasteiger partial charge in [-0.3, -0.25) is 29.8 Å². The van der Waals surface area contributed by atoms with Gasteiger partial charge in [-0.25, -0.2) is 0 Å². The number of alkyl halides is 3. The Balaban J connectivity index is 3.94. The molecule has 1 rings (SSSR count). The number of benzene rings is 1. The molecule has 1 aromatic rings. The van der Waals surface area contributed by atoms with Crippen LogP contribution in [0.4, 0.5) is 24.5 Å². The Hall–Kier alpha value is -3.25. The first-order chi connectivity index (χ1) is 11.4. The lowest BCUT2D eigenvalue weighted by Gasteiger charge is -2.15. The van der Waals surface area contributed by atoms with Gasteiger partial charge in [0.05, 0.1) is 29.6 Å². The molecule has 10 nitrogen and oxygen atoms in total. The van der Waals surface area contributed by atoms with Crippen molar-refractivity contribution < 1.29 is 42.1 Å². The van der Waals surface area contributed by atoms with E-state index in [-0.39, 0.29) is 12.1 Å². The molecule has 0 bridgehead atoms. The molecule has 0 aliphatic rings. The first-order valence-electron chi connectivity index (χ1n) is 6.15. The summed E-state index contributed by atoms with van der Waals surface area (Å²) in [5.41, 5.74) is -5.74. The SMILES string of the molecule is COC(=O)C(C(=O)OC)c1c([N+](=O)[O-])cc(C(F)(F)F)cc1[N+](=O)[O-]. The standard InChI is InChI=1S/C12H9F3N2O8/c1-24-10(18)9(11(19)25-2)8-6(16(20)21)3-5(12(13,14)15)4-7(8)17(22)23/h3-4,9H,1-2H3. The summed E-state index contributed by atoms with van der Waals surface area (Å²) in [6.07, 6.45) is -5.14. The molecule has 13 heteroatoms. The summed E-state index contributed by atoms with van der Waals surface area (Å²) in [5.74, 6) is -5.26. The molecule has 0 saturated carbocycles. The van der Waals surface area contributed by atoms with E-state index >= 15 is 0 Å². The second kappa shape index (κ2) is 7.11. The van der Waals surface area contributed by atoms with Gasteiger partial charge in [-0.2, -0.15) is 13.2 Å². The fourth-order valence-corrected chi connectivity index (χ4v) is 1.95. The fraction of sp³-hybridized carbons (Fsp3) is 0.333. The number of esters is 2.